The maximum Gasteiger partial charge on any atom is 0.235 e. The normalized spacial score (nSPS) is 31.9. The second-order valence-corrected chi connectivity index (χ2v) is 5.79. The summed E-state index contributed by atoms with van der Waals surface area (Å²) < 4.78 is 0. The number of hydrogen-bond donors (Lipinski definition) is 1. The Balaban J connectivity index is 1.85. The van der Waals surface area contributed by atoms with Crippen molar-refractivity contribution >= 4 is 17.7 Å². The van der Waals surface area contributed by atoms with Gasteiger partial charge in [0.15, 0.2) is 0 Å². The van der Waals surface area contributed by atoms with Crippen LogP contribution in [0.15, 0.2) is 0 Å². The van der Waals surface area contributed by atoms with Crippen molar-refractivity contribution in [3.05, 3.63) is 0 Å². The molecule has 0 bridgehead atoms. The second kappa shape index (κ2) is 5.21. The molecule has 0 radical (unpaired) electrons. The number of aliphatic hydroxyl groups excluding tert-OH is 1. The third-order valence-electron chi connectivity index (χ3n) is 3.31. The Morgan fingerprint density at radius 3 is 2.87 bits per heavy atom. The molecule has 0 aliphatic carbocycles. The average Bonchev–Trinajstić information content (AvgIpc) is 2.78. The largest absolute Gasteiger partial charge is 0.396 e. The van der Waals surface area contributed by atoms with Gasteiger partial charge in [0.05, 0.1) is 5.25 Å². The van der Waals surface area contributed by atoms with Gasteiger partial charge in [-0.05, 0) is 25.0 Å². The van der Waals surface area contributed by atoms with E-state index in [0.29, 0.717) is 11.8 Å². The number of carbonyl (C=O) groups excluding carboxylic acids is 1. The van der Waals surface area contributed by atoms with Crippen LogP contribution in [0.1, 0.15) is 25.7 Å². The number of aliphatic hydroxyl groups is 1. The minimum atomic E-state index is 0.205. The summed E-state index contributed by atoms with van der Waals surface area (Å²) in [6.45, 7) is 1.84. The first kappa shape index (κ1) is 11.3. The molecule has 2 fully saturated rings. The van der Waals surface area contributed by atoms with Crippen LogP contribution in [0.5, 0.6) is 0 Å². The summed E-state index contributed by atoms with van der Waals surface area (Å²) >= 11 is 1.81. The highest BCUT2D eigenvalue weighted by Crippen LogP contribution is 2.28. The highest BCUT2D eigenvalue weighted by atomic mass is 32.2. The fraction of sp³-hybridized carbons (Fsp3) is 0.909. The standard InChI is InChI=1S/C11H19NO2S/c13-8-9-4-5-12(7-9)11(14)10-3-1-2-6-15-10/h9-10,13H,1-8H2. The van der Waals surface area contributed by atoms with E-state index in [1.54, 1.807) is 0 Å². The molecule has 2 heterocycles. The van der Waals surface area contributed by atoms with Gasteiger partial charge in [0, 0.05) is 25.6 Å². The monoisotopic (exact) mass is 229 g/mol. The highest BCUT2D eigenvalue weighted by Gasteiger charge is 2.31. The Hall–Kier alpha value is -0.220. The molecule has 2 unspecified atom stereocenters. The lowest BCUT2D eigenvalue weighted by molar-refractivity contribution is -0.129. The van der Waals surface area contributed by atoms with Gasteiger partial charge < -0.3 is 10.0 Å². The first-order valence-corrected chi connectivity index (χ1v) is 6.87. The van der Waals surface area contributed by atoms with Gasteiger partial charge in [0.25, 0.3) is 0 Å². The van der Waals surface area contributed by atoms with Crippen molar-refractivity contribution in [1.82, 2.24) is 4.90 Å². The third kappa shape index (κ3) is 2.67. The molecule has 0 saturated carbocycles. The van der Waals surface area contributed by atoms with E-state index >= 15 is 0 Å². The van der Waals surface area contributed by atoms with Crippen LogP contribution in [0.4, 0.5) is 0 Å². The summed E-state index contributed by atoms with van der Waals surface area (Å²) in [5.41, 5.74) is 0. The number of carbonyl (C=O) groups is 1. The van der Waals surface area contributed by atoms with Crippen LogP contribution in [0.2, 0.25) is 0 Å². The average molecular weight is 229 g/mol. The minimum Gasteiger partial charge on any atom is -0.396 e. The van der Waals surface area contributed by atoms with Crippen LogP contribution < -0.4 is 0 Å². The molecule has 0 spiro atoms. The predicted molar refractivity (Wildman–Crippen MR) is 61.9 cm³/mol. The molecule has 2 saturated heterocycles. The van der Waals surface area contributed by atoms with E-state index in [2.05, 4.69) is 0 Å². The van der Waals surface area contributed by atoms with Crippen molar-refractivity contribution in [2.24, 2.45) is 5.92 Å². The van der Waals surface area contributed by atoms with Gasteiger partial charge in [-0.15, -0.1) is 11.8 Å². The predicted octanol–water partition coefficient (Wildman–Crippen LogP) is 1.11. The molecule has 4 heteroatoms. The third-order valence-corrected chi connectivity index (χ3v) is 4.67. The maximum absolute atomic E-state index is 12.1. The van der Waals surface area contributed by atoms with E-state index in [4.69, 9.17) is 5.11 Å². The number of hydrogen-bond acceptors (Lipinski definition) is 3. The summed E-state index contributed by atoms with van der Waals surface area (Å²) in [5, 5.41) is 9.24. The summed E-state index contributed by atoms with van der Waals surface area (Å²) in [4.78, 5) is 14.0. The molecule has 0 aromatic rings. The summed E-state index contributed by atoms with van der Waals surface area (Å²) in [6.07, 6.45) is 4.47. The zero-order valence-corrected chi connectivity index (χ0v) is 9.84. The van der Waals surface area contributed by atoms with Gasteiger partial charge >= 0.3 is 0 Å². The molecule has 0 aromatic carbocycles. The highest BCUT2D eigenvalue weighted by molar-refractivity contribution is 8.00. The van der Waals surface area contributed by atoms with Gasteiger partial charge in [0.2, 0.25) is 5.91 Å². The van der Waals surface area contributed by atoms with E-state index in [9.17, 15) is 4.79 Å². The number of likely N-dealkylation sites (tertiary alicyclic amines) is 1. The molecule has 2 aliphatic heterocycles. The number of amides is 1. The zero-order chi connectivity index (χ0) is 10.7. The lowest BCUT2D eigenvalue weighted by atomic mass is 10.1. The molecule has 1 amide bonds. The molecule has 15 heavy (non-hydrogen) atoms. The Morgan fingerprint density at radius 2 is 2.27 bits per heavy atom. The van der Waals surface area contributed by atoms with Gasteiger partial charge in [-0.3, -0.25) is 4.79 Å². The smallest absolute Gasteiger partial charge is 0.235 e. The minimum absolute atomic E-state index is 0.205. The molecular weight excluding hydrogens is 210 g/mol. The number of rotatable bonds is 2. The SMILES string of the molecule is O=C(C1CCCCS1)N1CCC(CO)C1. The number of thioether (sulfide) groups is 1. The first-order valence-electron chi connectivity index (χ1n) is 5.82. The first-order chi connectivity index (χ1) is 7.31. The van der Waals surface area contributed by atoms with E-state index in [-0.39, 0.29) is 11.9 Å². The van der Waals surface area contributed by atoms with Crippen LogP contribution in [0, 0.1) is 5.92 Å². The molecule has 2 aliphatic rings. The molecular formula is C11H19NO2S. The molecule has 0 aromatic heterocycles. The van der Waals surface area contributed by atoms with Crippen molar-refractivity contribution in [3.8, 4) is 0 Å². The van der Waals surface area contributed by atoms with Crippen LogP contribution in [0.3, 0.4) is 0 Å². The van der Waals surface area contributed by atoms with Crippen molar-refractivity contribution < 1.29 is 9.90 Å². The summed E-state index contributed by atoms with van der Waals surface area (Å²) in [6, 6.07) is 0. The fourth-order valence-electron chi connectivity index (χ4n) is 2.32. The van der Waals surface area contributed by atoms with Crippen molar-refractivity contribution in [2.45, 2.75) is 30.9 Å². The summed E-state index contributed by atoms with van der Waals surface area (Å²) in [5.74, 6) is 1.77. The Bertz CT molecular complexity index is 229. The van der Waals surface area contributed by atoms with Gasteiger partial charge in [-0.2, -0.15) is 0 Å². The van der Waals surface area contributed by atoms with E-state index in [0.717, 1.165) is 31.7 Å². The van der Waals surface area contributed by atoms with Crippen molar-refractivity contribution in [1.29, 1.82) is 0 Å². The maximum atomic E-state index is 12.1. The Labute approximate surface area is 95.2 Å². The van der Waals surface area contributed by atoms with Crippen LogP contribution in [-0.4, -0.2) is 46.6 Å². The molecule has 3 nitrogen and oxygen atoms in total. The quantitative estimate of drug-likeness (QED) is 0.771. The molecule has 2 atom stereocenters. The number of nitrogens with zero attached hydrogens (tertiary/aromatic N) is 1. The molecule has 1 N–H and O–H groups in total. The topological polar surface area (TPSA) is 40.5 Å². The molecule has 86 valence electrons. The Kier molecular flexibility index (Phi) is 3.92. The van der Waals surface area contributed by atoms with Gasteiger partial charge in [-0.1, -0.05) is 6.42 Å². The van der Waals surface area contributed by atoms with Crippen molar-refractivity contribution in [3.63, 3.8) is 0 Å². The zero-order valence-electron chi connectivity index (χ0n) is 9.02. The van der Waals surface area contributed by atoms with E-state index < -0.39 is 0 Å². The second-order valence-electron chi connectivity index (χ2n) is 4.48. The van der Waals surface area contributed by atoms with Crippen LogP contribution in [-0.2, 0) is 4.79 Å². The van der Waals surface area contributed by atoms with Crippen LogP contribution in [0.25, 0.3) is 0 Å². The lowest BCUT2D eigenvalue weighted by Crippen LogP contribution is -2.37. The fourth-order valence-corrected chi connectivity index (χ4v) is 3.60. The summed E-state index contributed by atoms with van der Waals surface area (Å²) in [7, 11) is 0. The molecule has 2 rings (SSSR count). The van der Waals surface area contributed by atoms with Gasteiger partial charge in [-0.25, -0.2) is 0 Å². The van der Waals surface area contributed by atoms with Crippen molar-refractivity contribution in [2.75, 3.05) is 25.4 Å². The van der Waals surface area contributed by atoms with Crippen LogP contribution >= 0.6 is 11.8 Å². The lowest BCUT2D eigenvalue weighted by Gasteiger charge is -2.25. The Morgan fingerprint density at radius 1 is 1.40 bits per heavy atom. The van der Waals surface area contributed by atoms with E-state index in [1.807, 2.05) is 16.7 Å². The van der Waals surface area contributed by atoms with Gasteiger partial charge in [0.1, 0.15) is 0 Å². The van der Waals surface area contributed by atoms with E-state index in [1.165, 1.54) is 12.8 Å².